The molecule has 4 nitrogen and oxygen atoms in total. The SMILES string of the molecule is CNCCCNS(=O)(=O)c1cccc(Cl)c1F. The zero-order chi connectivity index (χ0) is 12.9. The topological polar surface area (TPSA) is 58.2 Å². The molecule has 0 spiro atoms. The van der Waals surface area contributed by atoms with E-state index in [1.54, 1.807) is 7.05 Å². The molecule has 0 radical (unpaired) electrons. The van der Waals surface area contributed by atoms with Gasteiger partial charge in [-0.15, -0.1) is 0 Å². The minimum Gasteiger partial charge on any atom is -0.320 e. The first kappa shape index (κ1) is 14.4. The zero-order valence-corrected chi connectivity index (χ0v) is 10.9. The van der Waals surface area contributed by atoms with Crippen LogP contribution < -0.4 is 10.0 Å². The lowest BCUT2D eigenvalue weighted by molar-refractivity contribution is 0.554. The molecule has 0 aliphatic heterocycles. The highest BCUT2D eigenvalue weighted by Crippen LogP contribution is 2.21. The molecular formula is C10H14ClFN2O2S. The van der Waals surface area contributed by atoms with Crippen LogP contribution >= 0.6 is 11.6 Å². The van der Waals surface area contributed by atoms with Gasteiger partial charge in [0.1, 0.15) is 4.90 Å². The van der Waals surface area contributed by atoms with E-state index in [1.807, 2.05) is 0 Å². The lowest BCUT2D eigenvalue weighted by Gasteiger charge is -2.08. The molecule has 0 saturated heterocycles. The van der Waals surface area contributed by atoms with Gasteiger partial charge >= 0.3 is 0 Å². The third-order valence-corrected chi connectivity index (χ3v) is 3.87. The van der Waals surface area contributed by atoms with Crippen LogP contribution in [0.3, 0.4) is 0 Å². The van der Waals surface area contributed by atoms with Gasteiger partial charge in [-0.25, -0.2) is 17.5 Å². The maximum absolute atomic E-state index is 13.5. The van der Waals surface area contributed by atoms with Crippen molar-refractivity contribution in [2.45, 2.75) is 11.3 Å². The van der Waals surface area contributed by atoms with E-state index in [4.69, 9.17) is 11.6 Å². The van der Waals surface area contributed by atoms with E-state index >= 15 is 0 Å². The van der Waals surface area contributed by atoms with E-state index in [1.165, 1.54) is 18.2 Å². The normalized spacial score (nSPS) is 11.7. The highest BCUT2D eigenvalue weighted by molar-refractivity contribution is 7.89. The molecule has 0 atom stereocenters. The second-order valence-electron chi connectivity index (χ2n) is 3.41. The highest BCUT2D eigenvalue weighted by atomic mass is 35.5. The van der Waals surface area contributed by atoms with Gasteiger partial charge in [0.2, 0.25) is 10.0 Å². The summed E-state index contributed by atoms with van der Waals surface area (Å²) in [5.74, 6) is -0.921. The van der Waals surface area contributed by atoms with Crippen molar-refractivity contribution < 1.29 is 12.8 Å². The molecule has 0 heterocycles. The Labute approximate surface area is 105 Å². The summed E-state index contributed by atoms with van der Waals surface area (Å²) >= 11 is 5.53. The standard InChI is InChI=1S/C10H14ClFN2O2S/c1-13-6-3-7-14-17(15,16)9-5-2-4-8(11)10(9)12/h2,4-5,13-14H,3,6-7H2,1H3. The summed E-state index contributed by atoms with van der Waals surface area (Å²) in [7, 11) is -2.06. The van der Waals surface area contributed by atoms with Crippen molar-refractivity contribution in [3.63, 3.8) is 0 Å². The third kappa shape index (κ3) is 3.92. The monoisotopic (exact) mass is 280 g/mol. The summed E-state index contributed by atoms with van der Waals surface area (Å²) in [6.45, 7) is 0.926. The molecule has 2 N–H and O–H groups in total. The van der Waals surface area contributed by atoms with Gasteiger partial charge in [0.25, 0.3) is 0 Å². The molecule has 0 amide bonds. The van der Waals surface area contributed by atoms with Gasteiger partial charge in [0.15, 0.2) is 5.82 Å². The molecule has 17 heavy (non-hydrogen) atoms. The summed E-state index contributed by atoms with van der Waals surface area (Å²) < 4.78 is 39.3. The first-order valence-electron chi connectivity index (χ1n) is 5.07. The molecule has 0 bridgehead atoms. The minimum atomic E-state index is -3.83. The van der Waals surface area contributed by atoms with Crippen molar-refractivity contribution in [1.29, 1.82) is 0 Å². The van der Waals surface area contributed by atoms with Crippen LogP contribution in [-0.2, 0) is 10.0 Å². The molecule has 96 valence electrons. The van der Waals surface area contributed by atoms with Gasteiger partial charge in [0.05, 0.1) is 5.02 Å². The number of hydrogen-bond acceptors (Lipinski definition) is 3. The van der Waals surface area contributed by atoms with E-state index in [2.05, 4.69) is 10.0 Å². The molecule has 0 saturated carbocycles. The van der Waals surface area contributed by atoms with Crippen LogP contribution in [0.1, 0.15) is 6.42 Å². The molecule has 0 fully saturated rings. The summed E-state index contributed by atoms with van der Waals surface area (Å²) in [6, 6.07) is 3.88. The number of nitrogens with one attached hydrogen (secondary N) is 2. The number of rotatable bonds is 6. The molecule has 0 unspecified atom stereocenters. The van der Waals surface area contributed by atoms with Gasteiger partial charge in [-0.05, 0) is 32.1 Å². The second kappa shape index (κ2) is 6.30. The van der Waals surface area contributed by atoms with Crippen LogP contribution in [0.5, 0.6) is 0 Å². The van der Waals surface area contributed by atoms with Crippen molar-refractivity contribution >= 4 is 21.6 Å². The molecular weight excluding hydrogens is 267 g/mol. The maximum atomic E-state index is 13.5. The van der Waals surface area contributed by atoms with Gasteiger partial charge < -0.3 is 5.32 Å². The van der Waals surface area contributed by atoms with Crippen LogP contribution in [0.4, 0.5) is 4.39 Å². The Morgan fingerprint density at radius 2 is 2.06 bits per heavy atom. The lowest BCUT2D eigenvalue weighted by Crippen LogP contribution is -2.27. The summed E-state index contributed by atoms with van der Waals surface area (Å²) in [5.41, 5.74) is 0. The van der Waals surface area contributed by atoms with Crippen LogP contribution in [0.2, 0.25) is 5.02 Å². The summed E-state index contributed by atoms with van der Waals surface area (Å²) in [4.78, 5) is -0.422. The van der Waals surface area contributed by atoms with Gasteiger partial charge in [-0.2, -0.15) is 0 Å². The largest absolute Gasteiger partial charge is 0.320 e. The first-order chi connectivity index (χ1) is 7.99. The highest BCUT2D eigenvalue weighted by Gasteiger charge is 2.19. The Bertz CT molecular complexity index is 479. The van der Waals surface area contributed by atoms with Crippen LogP contribution in [0.25, 0.3) is 0 Å². The summed E-state index contributed by atoms with van der Waals surface area (Å²) in [6.07, 6.45) is 0.623. The Kier molecular flexibility index (Phi) is 5.32. The predicted molar refractivity (Wildman–Crippen MR) is 65.1 cm³/mol. The third-order valence-electron chi connectivity index (χ3n) is 2.10. The number of halogens is 2. The zero-order valence-electron chi connectivity index (χ0n) is 9.33. The molecule has 0 aliphatic carbocycles. The van der Waals surface area contributed by atoms with Gasteiger partial charge in [-0.3, -0.25) is 0 Å². The van der Waals surface area contributed by atoms with Crippen molar-refractivity contribution in [3.05, 3.63) is 29.0 Å². The Balaban J connectivity index is 2.79. The molecule has 1 aromatic carbocycles. The van der Waals surface area contributed by atoms with Crippen molar-refractivity contribution in [2.24, 2.45) is 0 Å². The number of hydrogen-bond donors (Lipinski definition) is 2. The van der Waals surface area contributed by atoms with Gasteiger partial charge in [-0.1, -0.05) is 17.7 Å². The van der Waals surface area contributed by atoms with E-state index in [0.717, 1.165) is 0 Å². The Morgan fingerprint density at radius 1 is 1.35 bits per heavy atom. The Hall–Kier alpha value is -0.690. The number of sulfonamides is 1. The molecule has 1 rings (SSSR count). The minimum absolute atomic E-state index is 0.205. The fourth-order valence-corrected chi connectivity index (χ4v) is 2.64. The van der Waals surface area contributed by atoms with E-state index in [9.17, 15) is 12.8 Å². The average molecular weight is 281 g/mol. The molecule has 1 aromatic rings. The smallest absolute Gasteiger partial charge is 0.243 e. The van der Waals surface area contributed by atoms with Gasteiger partial charge in [0, 0.05) is 6.54 Å². The van der Waals surface area contributed by atoms with E-state index < -0.39 is 20.7 Å². The number of benzene rings is 1. The van der Waals surface area contributed by atoms with Crippen molar-refractivity contribution in [3.8, 4) is 0 Å². The quantitative estimate of drug-likeness (QED) is 0.774. The van der Waals surface area contributed by atoms with Crippen LogP contribution in [0.15, 0.2) is 23.1 Å². The van der Waals surface area contributed by atoms with E-state index in [0.29, 0.717) is 13.0 Å². The van der Waals surface area contributed by atoms with Crippen LogP contribution in [-0.4, -0.2) is 28.6 Å². The Morgan fingerprint density at radius 3 is 2.71 bits per heavy atom. The molecule has 0 aliphatic rings. The van der Waals surface area contributed by atoms with Crippen LogP contribution in [0, 0.1) is 5.82 Å². The summed E-state index contributed by atoms with van der Waals surface area (Å²) in [5, 5.41) is 2.68. The lowest BCUT2D eigenvalue weighted by atomic mass is 10.3. The first-order valence-corrected chi connectivity index (χ1v) is 6.93. The fourth-order valence-electron chi connectivity index (χ4n) is 1.24. The second-order valence-corrected chi connectivity index (χ2v) is 5.55. The fraction of sp³-hybridized carbons (Fsp3) is 0.400. The predicted octanol–water partition coefficient (Wildman–Crippen LogP) is 1.37. The molecule has 0 aromatic heterocycles. The van der Waals surface area contributed by atoms with Crippen molar-refractivity contribution in [1.82, 2.24) is 10.0 Å². The average Bonchev–Trinajstić information content (AvgIpc) is 2.28. The van der Waals surface area contributed by atoms with E-state index in [-0.39, 0.29) is 11.6 Å². The van der Waals surface area contributed by atoms with Crippen molar-refractivity contribution in [2.75, 3.05) is 20.1 Å². The molecule has 7 heteroatoms. The maximum Gasteiger partial charge on any atom is 0.243 e.